The Labute approximate surface area is 146 Å². The number of carbonyl (C=O) groups excluding carboxylic acids is 1. The minimum Gasteiger partial charge on any atom is -0.496 e. The van der Waals surface area contributed by atoms with Gasteiger partial charge in [-0.15, -0.1) is 0 Å². The van der Waals surface area contributed by atoms with Crippen LogP contribution in [0.1, 0.15) is 32.6 Å². The molecule has 0 unspecified atom stereocenters. The molecule has 0 radical (unpaired) electrons. The molecule has 0 saturated heterocycles. The van der Waals surface area contributed by atoms with E-state index >= 15 is 0 Å². The van der Waals surface area contributed by atoms with Crippen molar-refractivity contribution in [3.8, 4) is 5.75 Å². The quantitative estimate of drug-likeness (QED) is 0.930. The van der Waals surface area contributed by atoms with Gasteiger partial charge in [0.05, 0.1) is 19.1 Å². The summed E-state index contributed by atoms with van der Waals surface area (Å²) in [4.78, 5) is 25.7. The molecule has 1 aliphatic rings. The molecule has 130 valence electrons. The number of hydrogen-bond donors (Lipinski definition) is 1. The van der Waals surface area contributed by atoms with Crippen LogP contribution >= 0.6 is 0 Å². The first-order chi connectivity index (χ1) is 12.0. The van der Waals surface area contributed by atoms with Gasteiger partial charge in [-0.3, -0.25) is 4.79 Å². The molecule has 3 rings (SSSR count). The van der Waals surface area contributed by atoms with E-state index in [1.807, 2.05) is 31.2 Å². The lowest BCUT2D eigenvalue weighted by Crippen LogP contribution is -2.37. The second-order valence-corrected chi connectivity index (χ2v) is 6.35. The normalized spacial score (nSPS) is 13.3. The number of rotatable bonds is 4. The van der Waals surface area contributed by atoms with Crippen LogP contribution in [-0.4, -0.2) is 35.5 Å². The smallest absolute Gasteiger partial charge is 0.335 e. The van der Waals surface area contributed by atoms with E-state index < -0.39 is 5.97 Å². The number of benzene rings is 2. The summed E-state index contributed by atoms with van der Waals surface area (Å²) >= 11 is 0. The standard InChI is InChI=1S/C20H21NO4/c1-13-3-6-18(25-2)16(9-13)11-19(22)21-8-7-14-4-5-15(20(23)24)10-17(14)12-21/h3-6,9-10H,7-8,11-12H2,1-2H3,(H,23,24). The molecule has 5 nitrogen and oxygen atoms in total. The molecule has 0 bridgehead atoms. The Hall–Kier alpha value is -2.82. The predicted octanol–water partition coefficient (Wildman–Crippen LogP) is 2.83. The lowest BCUT2D eigenvalue weighted by molar-refractivity contribution is -0.131. The molecular formula is C20H21NO4. The van der Waals surface area contributed by atoms with Crippen molar-refractivity contribution in [2.24, 2.45) is 0 Å². The van der Waals surface area contributed by atoms with Crippen LogP contribution in [0.15, 0.2) is 36.4 Å². The predicted molar refractivity (Wildman–Crippen MR) is 94.0 cm³/mol. The average Bonchev–Trinajstić information content (AvgIpc) is 2.60. The lowest BCUT2D eigenvalue weighted by Gasteiger charge is -2.29. The van der Waals surface area contributed by atoms with Gasteiger partial charge in [-0.25, -0.2) is 4.79 Å². The third-order valence-corrected chi connectivity index (χ3v) is 4.60. The number of fused-ring (bicyclic) bond motifs is 1. The molecule has 1 N–H and O–H groups in total. The summed E-state index contributed by atoms with van der Waals surface area (Å²) in [6.07, 6.45) is 1.02. The number of amides is 1. The minimum absolute atomic E-state index is 0.0234. The zero-order valence-corrected chi connectivity index (χ0v) is 14.4. The van der Waals surface area contributed by atoms with Gasteiger partial charge in [-0.2, -0.15) is 0 Å². The van der Waals surface area contributed by atoms with E-state index in [2.05, 4.69) is 0 Å². The molecule has 1 heterocycles. The average molecular weight is 339 g/mol. The van der Waals surface area contributed by atoms with Gasteiger partial charge in [-0.05, 0) is 42.7 Å². The van der Waals surface area contributed by atoms with Crippen LogP contribution in [0.3, 0.4) is 0 Å². The maximum atomic E-state index is 12.7. The van der Waals surface area contributed by atoms with Gasteiger partial charge in [0.25, 0.3) is 0 Å². The summed E-state index contributed by atoms with van der Waals surface area (Å²) in [7, 11) is 1.60. The third kappa shape index (κ3) is 3.65. The SMILES string of the molecule is COc1ccc(C)cc1CC(=O)N1CCc2ccc(C(=O)O)cc2C1. The van der Waals surface area contributed by atoms with Crippen molar-refractivity contribution in [1.29, 1.82) is 0 Å². The summed E-state index contributed by atoms with van der Waals surface area (Å²) < 4.78 is 5.35. The Morgan fingerprint density at radius 3 is 2.68 bits per heavy atom. The van der Waals surface area contributed by atoms with E-state index in [0.29, 0.717) is 18.8 Å². The highest BCUT2D eigenvalue weighted by Gasteiger charge is 2.22. The van der Waals surface area contributed by atoms with Gasteiger partial charge in [-0.1, -0.05) is 23.8 Å². The lowest BCUT2D eigenvalue weighted by atomic mass is 9.96. The number of hydrogen-bond acceptors (Lipinski definition) is 3. The number of aromatic carboxylic acids is 1. The van der Waals surface area contributed by atoms with Crippen LogP contribution in [0, 0.1) is 6.92 Å². The highest BCUT2D eigenvalue weighted by Crippen LogP contribution is 2.24. The number of methoxy groups -OCH3 is 1. The molecule has 2 aromatic carbocycles. The van der Waals surface area contributed by atoms with Crippen LogP contribution in [0.2, 0.25) is 0 Å². The van der Waals surface area contributed by atoms with Gasteiger partial charge in [0.1, 0.15) is 5.75 Å². The molecular weight excluding hydrogens is 318 g/mol. The van der Waals surface area contributed by atoms with Gasteiger partial charge >= 0.3 is 5.97 Å². The van der Waals surface area contributed by atoms with Crippen molar-refractivity contribution >= 4 is 11.9 Å². The molecule has 0 aliphatic carbocycles. The van der Waals surface area contributed by atoms with Crippen molar-refractivity contribution in [3.63, 3.8) is 0 Å². The Balaban J connectivity index is 1.77. The first kappa shape index (κ1) is 17.0. The zero-order valence-electron chi connectivity index (χ0n) is 14.4. The number of aryl methyl sites for hydroxylation is 1. The largest absolute Gasteiger partial charge is 0.496 e. The van der Waals surface area contributed by atoms with E-state index in [9.17, 15) is 9.59 Å². The van der Waals surface area contributed by atoms with Gasteiger partial charge in [0, 0.05) is 18.7 Å². The molecule has 0 saturated carbocycles. The Kier molecular flexibility index (Phi) is 4.74. The van der Waals surface area contributed by atoms with Crippen molar-refractivity contribution < 1.29 is 19.4 Å². The molecule has 2 aromatic rings. The molecule has 25 heavy (non-hydrogen) atoms. The maximum Gasteiger partial charge on any atom is 0.335 e. The van der Waals surface area contributed by atoms with Crippen molar-refractivity contribution in [2.45, 2.75) is 26.3 Å². The second-order valence-electron chi connectivity index (χ2n) is 6.35. The fraction of sp³-hybridized carbons (Fsp3) is 0.300. The van der Waals surface area contributed by atoms with Crippen molar-refractivity contribution in [2.75, 3.05) is 13.7 Å². The molecule has 0 atom stereocenters. The highest BCUT2D eigenvalue weighted by molar-refractivity contribution is 5.88. The maximum absolute atomic E-state index is 12.7. The molecule has 1 aliphatic heterocycles. The third-order valence-electron chi connectivity index (χ3n) is 4.60. The number of nitrogens with zero attached hydrogens (tertiary/aromatic N) is 1. The van der Waals surface area contributed by atoms with Gasteiger partial charge in [0.15, 0.2) is 0 Å². The summed E-state index contributed by atoms with van der Waals surface area (Å²) in [5.74, 6) is -0.212. The highest BCUT2D eigenvalue weighted by atomic mass is 16.5. The molecule has 5 heteroatoms. The summed E-state index contributed by atoms with van der Waals surface area (Å²) in [6.45, 7) is 3.08. The Bertz CT molecular complexity index is 828. The van der Waals surface area contributed by atoms with Gasteiger partial charge < -0.3 is 14.7 Å². The molecule has 0 spiro atoms. The molecule has 1 amide bonds. The molecule has 0 fully saturated rings. The Morgan fingerprint density at radius 1 is 1.16 bits per heavy atom. The van der Waals surface area contributed by atoms with E-state index in [0.717, 1.165) is 28.7 Å². The first-order valence-electron chi connectivity index (χ1n) is 8.24. The Morgan fingerprint density at radius 2 is 1.96 bits per heavy atom. The number of carboxylic acids is 1. The summed E-state index contributed by atoms with van der Waals surface area (Å²) in [6, 6.07) is 10.9. The van der Waals surface area contributed by atoms with E-state index in [-0.39, 0.29) is 17.9 Å². The first-order valence-corrected chi connectivity index (χ1v) is 8.24. The second kappa shape index (κ2) is 6.97. The van der Waals surface area contributed by atoms with Crippen molar-refractivity contribution in [1.82, 2.24) is 4.90 Å². The zero-order chi connectivity index (χ0) is 18.0. The fourth-order valence-electron chi connectivity index (χ4n) is 3.22. The van der Waals surface area contributed by atoms with Crippen molar-refractivity contribution in [3.05, 3.63) is 64.2 Å². The van der Waals surface area contributed by atoms with Crippen LogP contribution in [0.5, 0.6) is 5.75 Å². The summed E-state index contributed by atoms with van der Waals surface area (Å²) in [5.41, 5.74) is 4.24. The monoisotopic (exact) mass is 339 g/mol. The number of carboxylic acid groups (broad SMARTS) is 1. The topological polar surface area (TPSA) is 66.8 Å². The van der Waals surface area contributed by atoms with E-state index in [4.69, 9.17) is 9.84 Å². The number of carbonyl (C=O) groups is 2. The fourth-order valence-corrected chi connectivity index (χ4v) is 3.22. The van der Waals surface area contributed by atoms with Crippen LogP contribution < -0.4 is 4.74 Å². The molecule has 0 aromatic heterocycles. The minimum atomic E-state index is -0.948. The van der Waals surface area contributed by atoms with Crippen LogP contribution in [0.25, 0.3) is 0 Å². The van der Waals surface area contributed by atoms with E-state index in [1.165, 1.54) is 0 Å². The number of ether oxygens (including phenoxy) is 1. The van der Waals surface area contributed by atoms with Gasteiger partial charge in [0.2, 0.25) is 5.91 Å². The summed E-state index contributed by atoms with van der Waals surface area (Å²) in [5, 5.41) is 9.15. The van der Waals surface area contributed by atoms with E-state index in [1.54, 1.807) is 24.1 Å². The van der Waals surface area contributed by atoms with Crippen LogP contribution in [0.4, 0.5) is 0 Å². The van der Waals surface area contributed by atoms with Crippen LogP contribution in [-0.2, 0) is 24.2 Å².